The topological polar surface area (TPSA) is 35.5 Å². The van der Waals surface area contributed by atoms with Gasteiger partial charge < -0.3 is 9.47 Å². The molecule has 1 saturated heterocycles. The largest absolute Gasteiger partial charge is 0.347 e. The molecule has 1 aliphatic heterocycles. The van der Waals surface area contributed by atoms with Crippen LogP contribution < -0.4 is 0 Å². The van der Waals surface area contributed by atoms with E-state index in [0.717, 1.165) is 31.3 Å². The van der Waals surface area contributed by atoms with Crippen LogP contribution in [0.25, 0.3) is 0 Å². The maximum atomic E-state index is 12.0. The SMILES string of the molecule is CCC1=C2CCC3(OCCO3)C2(C)CCC1=O. The summed E-state index contributed by atoms with van der Waals surface area (Å²) < 4.78 is 11.9. The van der Waals surface area contributed by atoms with Gasteiger partial charge in [0.1, 0.15) is 0 Å². The number of hydrogen-bond donors (Lipinski definition) is 0. The smallest absolute Gasteiger partial charge is 0.177 e. The Morgan fingerprint density at radius 2 is 1.88 bits per heavy atom. The molecule has 17 heavy (non-hydrogen) atoms. The number of rotatable bonds is 1. The molecule has 1 spiro atoms. The maximum absolute atomic E-state index is 12.0. The molecule has 3 nitrogen and oxygen atoms in total. The number of ketones is 1. The Labute approximate surface area is 102 Å². The Bertz CT molecular complexity index is 390. The van der Waals surface area contributed by atoms with Crippen molar-refractivity contribution in [3.05, 3.63) is 11.1 Å². The van der Waals surface area contributed by atoms with Crippen molar-refractivity contribution in [1.29, 1.82) is 0 Å². The number of carbonyl (C=O) groups is 1. The lowest BCUT2D eigenvalue weighted by Crippen LogP contribution is -2.46. The van der Waals surface area contributed by atoms with Crippen LogP contribution in [0.1, 0.15) is 46.0 Å². The maximum Gasteiger partial charge on any atom is 0.177 e. The Morgan fingerprint density at radius 1 is 1.18 bits per heavy atom. The summed E-state index contributed by atoms with van der Waals surface area (Å²) in [5.41, 5.74) is 2.30. The molecule has 2 aliphatic carbocycles. The van der Waals surface area contributed by atoms with Gasteiger partial charge in [-0.15, -0.1) is 0 Å². The Morgan fingerprint density at radius 3 is 2.53 bits per heavy atom. The number of ether oxygens (including phenoxy) is 2. The van der Waals surface area contributed by atoms with Gasteiger partial charge >= 0.3 is 0 Å². The van der Waals surface area contributed by atoms with E-state index in [1.54, 1.807) is 0 Å². The molecule has 1 saturated carbocycles. The fourth-order valence-electron chi connectivity index (χ4n) is 3.91. The highest BCUT2D eigenvalue weighted by Crippen LogP contribution is 2.59. The minimum absolute atomic E-state index is 0.0667. The third-order valence-electron chi connectivity index (χ3n) is 4.87. The molecule has 0 bridgehead atoms. The zero-order valence-electron chi connectivity index (χ0n) is 10.7. The van der Waals surface area contributed by atoms with Crippen molar-refractivity contribution in [2.45, 2.75) is 51.7 Å². The van der Waals surface area contributed by atoms with E-state index in [1.165, 1.54) is 5.57 Å². The first-order valence-corrected chi connectivity index (χ1v) is 6.66. The number of allylic oxidation sites excluding steroid dienone is 1. The molecule has 0 aromatic carbocycles. The van der Waals surface area contributed by atoms with Gasteiger partial charge in [0, 0.05) is 18.3 Å². The van der Waals surface area contributed by atoms with Crippen LogP contribution in [0.4, 0.5) is 0 Å². The highest BCUT2D eigenvalue weighted by atomic mass is 16.7. The Balaban J connectivity index is 2.09. The monoisotopic (exact) mass is 236 g/mol. The van der Waals surface area contributed by atoms with Crippen molar-refractivity contribution < 1.29 is 14.3 Å². The summed E-state index contributed by atoms with van der Waals surface area (Å²) in [5.74, 6) is -0.0845. The van der Waals surface area contributed by atoms with Crippen LogP contribution in [0.2, 0.25) is 0 Å². The van der Waals surface area contributed by atoms with Gasteiger partial charge in [-0.1, -0.05) is 19.4 Å². The molecule has 3 rings (SSSR count). The summed E-state index contributed by atoms with van der Waals surface area (Å²) in [4.78, 5) is 12.0. The minimum Gasteiger partial charge on any atom is -0.347 e. The lowest BCUT2D eigenvalue weighted by molar-refractivity contribution is -0.211. The molecule has 2 fully saturated rings. The van der Waals surface area contributed by atoms with Crippen LogP contribution >= 0.6 is 0 Å². The molecule has 0 aromatic heterocycles. The first-order chi connectivity index (χ1) is 8.13. The van der Waals surface area contributed by atoms with E-state index in [9.17, 15) is 4.79 Å². The Kier molecular flexibility index (Phi) is 2.46. The lowest BCUT2D eigenvalue weighted by atomic mass is 9.69. The van der Waals surface area contributed by atoms with E-state index in [4.69, 9.17) is 9.47 Å². The fourth-order valence-corrected chi connectivity index (χ4v) is 3.91. The first-order valence-electron chi connectivity index (χ1n) is 6.66. The minimum atomic E-state index is -0.427. The van der Waals surface area contributed by atoms with Crippen molar-refractivity contribution >= 4 is 5.78 Å². The molecule has 1 atom stereocenters. The van der Waals surface area contributed by atoms with Crippen LogP contribution in [0, 0.1) is 5.41 Å². The van der Waals surface area contributed by atoms with Gasteiger partial charge in [0.2, 0.25) is 0 Å². The van der Waals surface area contributed by atoms with Crippen LogP contribution in [-0.4, -0.2) is 24.8 Å². The molecular formula is C14H20O3. The fraction of sp³-hybridized carbons (Fsp3) is 0.786. The summed E-state index contributed by atoms with van der Waals surface area (Å²) in [6.45, 7) is 5.69. The van der Waals surface area contributed by atoms with Gasteiger partial charge in [-0.2, -0.15) is 0 Å². The van der Waals surface area contributed by atoms with Crippen molar-refractivity contribution in [2.75, 3.05) is 13.2 Å². The number of carbonyl (C=O) groups excluding carboxylic acids is 1. The first kappa shape index (κ1) is 11.4. The van der Waals surface area contributed by atoms with E-state index in [1.807, 2.05) is 0 Å². The molecule has 0 radical (unpaired) electrons. The second-order valence-corrected chi connectivity index (χ2v) is 5.52. The lowest BCUT2D eigenvalue weighted by Gasteiger charge is -2.42. The van der Waals surface area contributed by atoms with Crippen molar-refractivity contribution in [2.24, 2.45) is 5.41 Å². The second kappa shape index (κ2) is 3.66. The predicted octanol–water partition coefficient (Wildman–Crippen LogP) is 2.60. The third kappa shape index (κ3) is 1.33. The highest BCUT2D eigenvalue weighted by molar-refractivity contribution is 5.97. The van der Waals surface area contributed by atoms with Gasteiger partial charge in [0.25, 0.3) is 0 Å². The highest BCUT2D eigenvalue weighted by Gasteiger charge is 2.60. The third-order valence-corrected chi connectivity index (χ3v) is 4.87. The van der Waals surface area contributed by atoms with Gasteiger partial charge in [-0.05, 0) is 24.8 Å². The van der Waals surface area contributed by atoms with Gasteiger partial charge in [-0.3, -0.25) is 4.79 Å². The van der Waals surface area contributed by atoms with Crippen molar-refractivity contribution in [3.8, 4) is 0 Å². The molecule has 0 aromatic rings. The van der Waals surface area contributed by atoms with Crippen LogP contribution in [0.3, 0.4) is 0 Å². The molecule has 0 N–H and O–H groups in total. The standard InChI is InChI=1S/C14H20O3/c1-3-10-11-4-7-14(16-8-9-17-14)13(11,2)6-5-12(10)15/h3-9H2,1-2H3. The second-order valence-electron chi connectivity index (χ2n) is 5.52. The zero-order chi connectivity index (χ0) is 12.1. The van der Waals surface area contributed by atoms with E-state index in [0.29, 0.717) is 25.4 Å². The molecular weight excluding hydrogens is 216 g/mol. The van der Waals surface area contributed by atoms with Crippen LogP contribution in [0.5, 0.6) is 0 Å². The summed E-state index contributed by atoms with van der Waals surface area (Å²) in [7, 11) is 0. The molecule has 0 amide bonds. The van der Waals surface area contributed by atoms with Gasteiger partial charge in [0.15, 0.2) is 11.6 Å². The van der Waals surface area contributed by atoms with Gasteiger partial charge in [-0.25, -0.2) is 0 Å². The number of Topliss-reactive ketones (excluding diaryl/α,β-unsaturated/α-hetero) is 1. The molecule has 94 valence electrons. The van der Waals surface area contributed by atoms with Crippen molar-refractivity contribution in [3.63, 3.8) is 0 Å². The molecule has 3 aliphatic rings. The van der Waals surface area contributed by atoms with Crippen LogP contribution in [-0.2, 0) is 14.3 Å². The Hall–Kier alpha value is -0.670. The average molecular weight is 236 g/mol. The summed E-state index contributed by atoms with van der Waals surface area (Å²) in [5, 5.41) is 0. The number of fused-ring (bicyclic) bond motifs is 2. The average Bonchev–Trinajstić information content (AvgIpc) is 2.90. The quantitative estimate of drug-likeness (QED) is 0.702. The summed E-state index contributed by atoms with van der Waals surface area (Å²) in [6.07, 6.45) is 4.25. The predicted molar refractivity (Wildman–Crippen MR) is 63.5 cm³/mol. The van der Waals surface area contributed by atoms with E-state index in [2.05, 4.69) is 13.8 Å². The molecule has 3 heteroatoms. The normalized spacial score (nSPS) is 35.8. The van der Waals surface area contributed by atoms with Crippen molar-refractivity contribution in [1.82, 2.24) is 0 Å². The van der Waals surface area contributed by atoms with E-state index in [-0.39, 0.29) is 5.41 Å². The van der Waals surface area contributed by atoms with E-state index >= 15 is 0 Å². The zero-order valence-corrected chi connectivity index (χ0v) is 10.7. The van der Waals surface area contributed by atoms with Crippen LogP contribution in [0.15, 0.2) is 11.1 Å². The van der Waals surface area contributed by atoms with Gasteiger partial charge in [0.05, 0.1) is 13.2 Å². The molecule has 1 unspecified atom stereocenters. The summed E-state index contributed by atoms with van der Waals surface area (Å²) >= 11 is 0. The molecule has 1 heterocycles. The summed E-state index contributed by atoms with van der Waals surface area (Å²) in [6, 6.07) is 0. The van der Waals surface area contributed by atoms with E-state index < -0.39 is 5.79 Å². The number of hydrogen-bond acceptors (Lipinski definition) is 3.